The Kier molecular flexibility index (Phi) is 7.75. The molecule has 3 aromatic carbocycles. The lowest BCUT2D eigenvalue weighted by Gasteiger charge is -2.36. The predicted molar refractivity (Wildman–Crippen MR) is 162 cm³/mol. The van der Waals surface area contributed by atoms with Gasteiger partial charge in [0.1, 0.15) is 11.6 Å². The Morgan fingerprint density at radius 2 is 1.45 bits per heavy atom. The standard InChI is InChI=1S/C34H33N5O/c40-31(8-4-7-26-5-2-1-3-6-26)23-27-9-11-28(12-10-27)29-13-14-32-33(24-29)37-34(25-36-32)39-21-19-38(20-22-39)30-15-17-35-18-16-30/h1-3,5-6,9-18,24-25H,4,7-8,19-23H2. The molecule has 0 spiro atoms. The molecule has 0 aliphatic carbocycles. The highest BCUT2D eigenvalue weighted by molar-refractivity contribution is 5.83. The van der Waals surface area contributed by atoms with Gasteiger partial charge in [-0.05, 0) is 59.4 Å². The molecule has 200 valence electrons. The Morgan fingerprint density at radius 3 is 2.23 bits per heavy atom. The smallest absolute Gasteiger partial charge is 0.147 e. The van der Waals surface area contributed by atoms with Gasteiger partial charge in [-0.15, -0.1) is 0 Å². The van der Waals surface area contributed by atoms with E-state index in [0.717, 1.165) is 72.6 Å². The normalized spacial score (nSPS) is 13.5. The van der Waals surface area contributed by atoms with Gasteiger partial charge < -0.3 is 9.80 Å². The van der Waals surface area contributed by atoms with Crippen LogP contribution in [0, 0.1) is 0 Å². The maximum Gasteiger partial charge on any atom is 0.147 e. The van der Waals surface area contributed by atoms with Crippen molar-refractivity contribution in [3.05, 3.63) is 115 Å². The van der Waals surface area contributed by atoms with Crippen LogP contribution in [-0.4, -0.2) is 46.9 Å². The van der Waals surface area contributed by atoms with E-state index in [2.05, 4.69) is 75.4 Å². The molecule has 6 rings (SSSR count). The van der Waals surface area contributed by atoms with E-state index in [1.807, 2.05) is 42.9 Å². The zero-order valence-electron chi connectivity index (χ0n) is 22.6. The van der Waals surface area contributed by atoms with Crippen LogP contribution >= 0.6 is 0 Å². The number of carbonyl (C=O) groups excluding carboxylic acids is 1. The van der Waals surface area contributed by atoms with Crippen molar-refractivity contribution in [3.63, 3.8) is 0 Å². The second kappa shape index (κ2) is 12.1. The number of hydrogen-bond acceptors (Lipinski definition) is 6. The van der Waals surface area contributed by atoms with Crippen molar-refractivity contribution in [1.29, 1.82) is 0 Å². The first-order valence-corrected chi connectivity index (χ1v) is 14.0. The van der Waals surface area contributed by atoms with Crippen LogP contribution in [-0.2, 0) is 17.6 Å². The number of rotatable bonds is 9. The summed E-state index contributed by atoms with van der Waals surface area (Å²) in [5.41, 5.74) is 7.55. The third-order valence-corrected chi connectivity index (χ3v) is 7.61. The molecule has 0 amide bonds. The van der Waals surface area contributed by atoms with Crippen LogP contribution in [0.15, 0.2) is 104 Å². The number of piperazine rings is 1. The average molecular weight is 528 g/mol. The number of ketones is 1. The largest absolute Gasteiger partial charge is 0.368 e. The molecule has 1 fully saturated rings. The topological polar surface area (TPSA) is 62.2 Å². The van der Waals surface area contributed by atoms with Gasteiger partial charge in [0.25, 0.3) is 0 Å². The van der Waals surface area contributed by atoms with Gasteiger partial charge in [0.05, 0.1) is 17.2 Å². The SMILES string of the molecule is O=C(CCCc1ccccc1)Cc1ccc(-c2ccc3ncc(N4CCN(c5ccncc5)CC4)nc3c2)cc1. The molecule has 40 heavy (non-hydrogen) atoms. The number of hydrogen-bond donors (Lipinski definition) is 0. The van der Waals surface area contributed by atoms with E-state index in [9.17, 15) is 4.79 Å². The fourth-order valence-corrected chi connectivity index (χ4v) is 5.35. The molecular weight excluding hydrogens is 494 g/mol. The van der Waals surface area contributed by atoms with Crippen LogP contribution in [0.1, 0.15) is 24.0 Å². The first kappa shape index (κ1) is 25.7. The van der Waals surface area contributed by atoms with Crippen LogP contribution in [0.3, 0.4) is 0 Å². The van der Waals surface area contributed by atoms with Crippen molar-refractivity contribution in [1.82, 2.24) is 15.0 Å². The van der Waals surface area contributed by atoms with Gasteiger partial charge in [0.2, 0.25) is 0 Å². The van der Waals surface area contributed by atoms with E-state index in [1.165, 1.54) is 11.3 Å². The molecule has 0 N–H and O–H groups in total. The summed E-state index contributed by atoms with van der Waals surface area (Å²) in [5, 5.41) is 0. The van der Waals surface area contributed by atoms with Gasteiger partial charge in [-0.25, -0.2) is 4.98 Å². The Bertz CT molecular complexity index is 1560. The molecule has 2 aromatic heterocycles. The Hall–Kier alpha value is -4.58. The highest BCUT2D eigenvalue weighted by Gasteiger charge is 2.19. The molecular formula is C34H33N5O. The molecule has 0 radical (unpaired) electrons. The first-order valence-electron chi connectivity index (χ1n) is 14.0. The molecule has 1 aliphatic rings. The molecule has 6 heteroatoms. The van der Waals surface area contributed by atoms with Crippen molar-refractivity contribution in [3.8, 4) is 11.1 Å². The van der Waals surface area contributed by atoms with Gasteiger partial charge in [-0.2, -0.15) is 0 Å². The van der Waals surface area contributed by atoms with Gasteiger partial charge in [-0.3, -0.25) is 14.8 Å². The highest BCUT2D eigenvalue weighted by atomic mass is 16.1. The number of carbonyl (C=O) groups is 1. The lowest BCUT2D eigenvalue weighted by molar-refractivity contribution is -0.118. The van der Waals surface area contributed by atoms with Crippen LogP contribution in [0.4, 0.5) is 11.5 Å². The Balaban J connectivity index is 1.07. The number of benzene rings is 3. The van der Waals surface area contributed by atoms with Crippen molar-refractivity contribution in [2.45, 2.75) is 25.7 Å². The quantitative estimate of drug-likeness (QED) is 0.229. The minimum Gasteiger partial charge on any atom is -0.368 e. The number of nitrogens with zero attached hydrogens (tertiary/aromatic N) is 5. The second-order valence-electron chi connectivity index (χ2n) is 10.4. The summed E-state index contributed by atoms with van der Waals surface area (Å²) >= 11 is 0. The molecule has 0 atom stereocenters. The lowest BCUT2D eigenvalue weighted by Crippen LogP contribution is -2.46. The van der Waals surface area contributed by atoms with Crippen LogP contribution in [0.25, 0.3) is 22.2 Å². The van der Waals surface area contributed by atoms with E-state index in [0.29, 0.717) is 18.6 Å². The monoisotopic (exact) mass is 527 g/mol. The van der Waals surface area contributed by atoms with E-state index in [-0.39, 0.29) is 0 Å². The van der Waals surface area contributed by atoms with Crippen molar-refractivity contribution >= 4 is 28.3 Å². The summed E-state index contributed by atoms with van der Waals surface area (Å²) in [6, 6.07) is 29.1. The van der Waals surface area contributed by atoms with Gasteiger partial charge >= 0.3 is 0 Å². The fraction of sp³-hybridized carbons (Fsp3) is 0.235. The predicted octanol–water partition coefficient (Wildman–Crippen LogP) is 6.15. The Labute approximate surface area is 235 Å². The third kappa shape index (κ3) is 6.18. The van der Waals surface area contributed by atoms with Crippen molar-refractivity contribution < 1.29 is 4.79 Å². The first-order chi connectivity index (χ1) is 19.7. The number of pyridine rings is 1. The van der Waals surface area contributed by atoms with Crippen molar-refractivity contribution in [2.24, 2.45) is 0 Å². The molecule has 1 saturated heterocycles. The summed E-state index contributed by atoms with van der Waals surface area (Å²) < 4.78 is 0. The van der Waals surface area contributed by atoms with Gasteiger partial charge in [-0.1, -0.05) is 60.7 Å². The minimum absolute atomic E-state index is 0.291. The zero-order valence-corrected chi connectivity index (χ0v) is 22.6. The second-order valence-corrected chi connectivity index (χ2v) is 10.4. The van der Waals surface area contributed by atoms with Crippen LogP contribution in [0.2, 0.25) is 0 Å². The third-order valence-electron chi connectivity index (χ3n) is 7.61. The fourth-order valence-electron chi connectivity index (χ4n) is 5.35. The van der Waals surface area contributed by atoms with E-state index < -0.39 is 0 Å². The number of Topliss-reactive ketones (excluding diaryl/α,β-unsaturated/α-hetero) is 1. The number of anilines is 2. The highest BCUT2D eigenvalue weighted by Crippen LogP contribution is 2.26. The molecule has 1 aliphatic heterocycles. The molecule has 0 saturated carbocycles. The summed E-state index contributed by atoms with van der Waals surface area (Å²) in [5.74, 6) is 1.21. The summed E-state index contributed by atoms with van der Waals surface area (Å²) in [6.45, 7) is 3.67. The van der Waals surface area contributed by atoms with E-state index in [1.54, 1.807) is 0 Å². The van der Waals surface area contributed by atoms with E-state index in [4.69, 9.17) is 9.97 Å². The maximum absolute atomic E-state index is 12.5. The van der Waals surface area contributed by atoms with Crippen molar-refractivity contribution in [2.75, 3.05) is 36.0 Å². The molecule has 3 heterocycles. The molecule has 6 nitrogen and oxygen atoms in total. The molecule has 0 bridgehead atoms. The zero-order chi connectivity index (χ0) is 27.1. The number of fused-ring (bicyclic) bond motifs is 1. The summed E-state index contributed by atoms with van der Waals surface area (Å²) in [7, 11) is 0. The summed E-state index contributed by atoms with van der Waals surface area (Å²) in [4.78, 5) is 31.0. The molecule has 0 unspecified atom stereocenters. The Morgan fingerprint density at radius 1 is 0.725 bits per heavy atom. The summed E-state index contributed by atoms with van der Waals surface area (Å²) in [6.07, 6.45) is 8.50. The van der Waals surface area contributed by atoms with Crippen LogP contribution < -0.4 is 9.80 Å². The van der Waals surface area contributed by atoms with Crippen LogP contribution in [0.5, 0.6) is 0 Å². The maximum atomic E-state index is 12.5. The van der Waals surface area contributed by atoms with Gasteiger partial charge in [0.15, 0.2) is 0 Å². The minimum atomic E-state index is 0.291. The number of aryl methyl sites for hydroxylation is 1. The van der Waals surface area contributed by atoms with E-state index >= 15 is 0 Å². The number of aromatic nitrogens is 3. The average Bonchev–Trinajstić information content (AvgIpc) is 3.02. The molecule has 5 aromatic rings. The van der Waals surface area contributed by atoms with Gasteiger partial charge in [0, 0.05) is 57.1 Å². The lowest BCUT2D eigenvalue weighted by atomic mass is 9.99.